The first kappa shape index (κ1) is 20.0. The van der Waals surface area contributed by atoms with Crippen molar-refractivity contribution in [2.24, 2.45) is 0 Å². The molecule has 0 bridgehead atoms. The Morgan fingerprint density at radius 2 is 1.92 bits per heavy atom. The molecule has 0 aliphatic heterocycles. The Morgan fingerprint density at radius 3 is 2.54 bits per heavy atom. The molecule has 134 valence electrons. The Bertz CT molecular complexity index is 532. The summed E-state index contributed by atoms with van der Waals surface area (Å²) in [6.45, 7) is 9.66. The average molecular weight is 335 g/mol. The maximum absolute atomic E-state index is 11.9. The largest absolute Gasteiger partial charge is 0.492 e. The molecule has 0 saturated heterocycles. The van der Waals surface area contributed by atoms with Crippen LogP contribution in [0.2, 0.25) is 0 Å². The van der Waals surface area contributed by atoms with Crippen molar-refractivity contribution < 1.29 is 14.3 Å². The zero-order valence-corrected chi connectivity index (χ0v) is 15.1. The fourth-order valence-electron chi connectivity index (χ4n) is 2.17. The van der Waals surface area contributed by atoms with Crippen molar-refractivity contribution in [2.45, 2.75) is 33.7 Å². The van der Waals surface area contributed by atoms with Gasteiger partial charge in [-0.1, -0.05) is 19.1 Å². The van der Waals surface area contributed by atoms with Gasteiger partial charge in [-0.25, -0.2) is 0 Å². The van der Waals surface area contributed by atoms with Crippen LogP contribution in [0.3, 0.4) is 0 Å². The highest BCUT2D eigenvalue weighted by Crippen LogP contribution is 2.11. The third-order valence-corrected chi connectivity index (χ3v) is 3.31. The van der Waals surface area contributed by atoms with Gasteiger partial charge in [0.15, 0.2) is 0 Å². The number of carbonyl (C=O) groups is 2. The van der Waals surface area contributed by atoms with Gasteiger partial charge in [0.05, 0.1) is 19.6 Å². The molecule has 0 spiro atoms. The van der Waals surface area contributed by atoms with E-state index in [0.717, 1.165) is 11.3 Å². The summed E-state index contributed by atoms with van der Waals surface area (Å²) < 4.78 is 5.58. The van der Waals surface area contributed by atoms with Crippen molar-refractivity contribution in [3.63, 3.8) is 0 Å². The maximum Gasteiger partial charge on any atom is 0.234 e. The smallest absolute Gasteiger partial charge is 0.234 e. The number of nitrogens with zero attached hydrogens (tertiary/aromatic N) is 1. The summed E-state index contributed by atoms with van der Waals surface area (Å²) in [6.07, 6.45) is 0. The number of ether oxygens (including phenoxy) is 1. The predicted octanol–water partition coefficient (Wildman–Crippen LogP) is 1.34. The normalized spacial score (nSPS) is 10.8. The number of hydrogen-bond donors (Lipinski definition) is 2. The third-order valence-electron chi connectivity index (χ3n) is 3.31. The molecule has 0 radical (unpaired) electrons. The van der Waals surface area contributed by atoms with Crippen LogP contribution in [0, 0.1) is 6.92 Å². The lowest BCUT2D eigenvalue weighted by Crippen LogP contribution is -2.44. The summed E-state index contributed by atoms with van der Waals surface area (Å²) in [4.78, 5) is 25.5. The minimum Gasteiger partial charge on any atom is -0.492 e. The molecule has 0 aliphatic carbocycles. The second kappa shape index (κ2) is 10.6. The van der Waals surface area contributed by atoms with Crippen LogP contribution in [0.4, 0.5) is 0 Å². The van der Waals surface area contributed by atoms with Crippen molar-refractivity contribution in [1.29, 1.82) is 0 Å². The first-order chi connectivity index (χ1) is 11.4. The zero-order valence-electron chi connectivity index (χ0n) is 15.1. The molecular weight excluding hydrogens is 306 g/mol. The molecule has 2 amide bonds. The standard InChI is InChI=1S/C18H29N3O3/c1-5-21(13-18(23)20-14(2)3)12-17(22)19-9-10-24-16-8-6-7-15(4)11-16/h6-8,11,14H,5,9-10,12-13H2,1-4H3,(H,19,22)(H,20,23). The fourth-order valence-corrected chi connectivity index (χ4v) is 2.17. The van der Waals surface area contributed by atoms with Gasteiger partial charge in [-0.2, -0.15) is 0 Å². The minimum atomic E-state index is -0.109. The Morgan fingerprint density at radius 1 is 1.21 bits per heavy atom. The monoisotopic (exact) mass is 335 g/mol. The summed E-state index contributed by atoms with van der Waals surface area (Å²) in [7, 11) is 0. The van der Waals surface area contributed by atoms with Crippen LogP contribution >= 0.6 is 0 Å². The SMILES string of the molecule is CCN(CC(=O)NCCOc1cccc(C)c1)CC(=O)NC(C)C. The molecule has 1 rings (SSSR count). The van der Waals surface area contributed by atoms with Gasteiger partial charge in [0.25, 0.3) is 0 Å². The molecular formula is C18H29N3O3. The van der Waals surface area contributed by atoms with Crippen LogP contribution in [-0.4, -0.2) is 55.5 Å². The van der Waals surface area contributed by atoms with E-state index in [9.17, 15) is 9.59 Å². The molecule has 0 unspecified atom stereocenters. The number of aryl methyl sites for hydroxylation is 1. The molecule has 6 nitrogen and oxygen atoms in total. The maximum atomic E-state index is 11.9. The van der Waals surface area contributed by atoms with Crippen LogP contribution < -0.4 is 15.4 Å². The lowest BCUT2D eigenvalue weighted by atomic mass is 10.2. The first-order valence-corrected chi connectivity index (χ1v) is 8.38. The summed E-state index contributed by atoms with van der Waals surface area (Å²) in [5, 5.41) is 5.63. The molecule has 1 aromatic rings. The number of carbonyl (C=O) groups excluding carboxylic acids is 2. The quantitative estimate of drug-likeness (QED) is 0.633. The molecule has 0 atom stereocenters. The van der Waals surface area contributed by atoms with Gasteiger partial charge in [-0.05, 0) is 45.0 Å². The second-order valence-corrected chi connectivity index (χ2v) is 6.04. The van der Waals surface area contributed by atoms with Crippen LogP contribution in [0.25, 0.3) is 0 Å². The molecule has 2 N–H and O–H groups in total. The molecule has 6 heteroatoms. The van der Waals surface area contributed by atoms with E-state index in [1.54, 1.807) is 4.90 Å². The Kier molecular flexibility index (Phi) is 8.86. The number of hydrogen-bond acceptors (Lipinski definition) is 4. The number of nitrogens with one attached hydrogen (secondary N) is 2. The molecule has 0 aromatic heterocycles. The van der Waals surface area contributed by atoms with Gasteiger partial charge in [0.2, 0.25) is 11.8 Å². The van der Waals surface area contributed by atoms with E-state index in [0.29, 0.717) is 19.7 Å². The number of benzene rings is 1. The van der Waals surface area contributed by atoms with Crippen molar-refractivity contribution in [3.8, 4) is 5.75 Å². The van der Waals surface area contributed by atoms with Crippen LogP contribution in [0.15, 0.2) is 24.3 Å². The Hall–Kier alpha value is -2.08. The van der Waals surface area contributed by atoms with E-state index < -0.39 is 0 Å². The summed E-state index contributed by atoms with van der Waals surface area (Å²) in [5.74, 6) is 0.620. The molecule has 0 heterocycles. The molecule has 0 fully saturated rings. The minimum absolute atomic E-state index is 0.0672. The van der Waals surface area contributed by atoms with E-state index in [2.05, 4.69) is 10.6 Å². The topological polar surface area (TPSA) is 70.7 Å². The van der Waals surface area contributed by atoms with Crippen molar-refractivity contribution in [1.82, 2.24) is 15.5 Å². The molecule has 1 aromatic carbocycles. The molecule has 24 heavy (non-hydrogen) atoms. The summed E-state index contributed by atoms with van der Waals surface area (Å²) in [5.41, 5.74) is 1.13. The van der Waals surface area contributed by atoms with Gasteiger partial charge in [-0.3, -0.25) is 14.5 Å². The fraction of sp³-hybridized carbons (Fsp3) is 0.556. The lowest BCUT2D eigenvalue weighted by molar-refractivity contribution is -0.125. The highest BCUT2D eigenvalue weighted by molar-refractivity contribution is 5.81. The van der Waals surface area contributed by atoms with E-state index in [4.69, 9.17) is 4.74 Å². The third kappa shape index (κ3) is 8.53. The van der Waals surface area contributed by atoms with Crippen LogP contribution in [0.1, 0.15) is 26.3 Å². The van der Waals surface area contributed by atoms with Gasteiger partial charge >= 0.3 is 0 Å². The van der Waals surface area contributed by atoms with Gasteiger partial charge < -0.3 is 15.4 Å². The zero-order chi connectivity index (χ0) is 17.9. The van der Waals surface area contributed by atoms with E-state index >= 15 is 0 Å². The van der Waals surface area contributed by atoms with Crippen molar-refractivity contribution in [2.75, 3.05) is 32.8 Å². The van der Waals surface area contributed by atoms with Gasteiger partial charge in [0.1, 0.15) is 12.4 Å². The number of amides is 2. The van der Waals surface area contributed by atoms with E-state index in [1.165, 1.54) is 0 Å². The Balaban J connectivity index is 2.25. The average Bonchev–Trinajstić information content (AvgIpc) is 2.50. The van der Waals surface area contributed by atoms with E-state index in [-0.39, 0.29) is 30.9 Å². The highest BCUT2D eigenvalue weighted by Gasteiger charge is 2.13. The van der Waals surface area contributed by atoms with Crippen LogP contribution in [0.5, 0.6) is 5.75 Å². The van der Waals surface area contributed by atoms with Crippen molar-refractivity contribution in [3.05, 3.63) is 29.8 Å². The van der Waals surface area contributed by atoms with E-state index in [1.807, 2.05) is 52.0 Å². The summed E-state index contributed by atoms with van der Waals surface area (Å²) >= 11 is 0. The molecule has 0 aliphatic rings. The van der Waals surface area contributed by atoms with Gasteiger partial charge in [-0.15, -0.1) is 0 Å². The number of likely N-dealkylation sites (N-methyl/N-ethyl adjacent to an activating group) is 1. The number of rotatable bonds is 10. The molecule has 0 saturated carbocycles. The summed E-state index contributed by atoms with van der Waals surface area (Å²) in [6, 6.07) is 7.88. The predicted molar refractivity (Wildman–Crippen MR) is 95.1 cm³/mol. The lowest BCUT2D eigenvalue weighted by Gasteiger charge is -2.20. The van der Waals surface area contributed by atoms with Crippen molar-refractivity contribution >= 4 is 11.8 Å². The van der Waals surface area contributed by atoms with Crippen LogP contribution in [-0.2, 0) is 9.59 Å². The Labute approximate surface area is 144 Å². The highest BCUT2D eigenvalue weighted by atomic mass is 16.5. The second-order valence-electron chi connectivity index (χ2n) is 6.04. The van der Waals surface area contributed by atoms with Gasteiger partial charge in [0, 0.05) is 6.04 Å². The first-order valence-electron chi connectivity index (χ1n) is 8.38.